The average Bonchev–Trinajstić information content (AvgIpc) is 3.28. The number of halogens is 1. The van der Waals surface area contributed by atoms with Crippen molar-refractivity contribution >= 4 is 41.3 Å². The van der Waals surface area contributed by atoms with Crippen LogP contribution in [-0.2, 0) is 19.5 Å². The van der Waals surface area contributed by atoms with E-state index in [4.69, 9.17) is 4.52 Å². The molecule has 6 nitrogen and oxygen atoms in total. The predicted octanol–water partition coefficient (Wildman–Crippen LogP) is 2.81. The van der Waals surface area contributed by atoms with Crippen LogP contribution in [0.2, 0.25) is 0 Å². The van der Waals surface area contributed by atoms with Gasteiger partial charge in [0, 0.05) is 55.6 Å². The Bertz CT molecular complexity index is 650. The minimum atomic E-state index is 0. The number of nitrogens with one attached hydrogen (secondary N) is 1. The molecule has 0 aromatic carbocycles. The summed E-state index contributed by atoms with van der Waals surface area (Å²) in [6.07, 6.45) is 2.73. The van der Waals surface area contributed by atoms with Crippen molar-refractivity contribution in [2.75, 3.05) is 33.2 Å². The molecule has 1 saturated heterocycles. The summed E-state index contributed by atoms with van der Waals surface area (Å²) in [6, 6.07) is 6.35. The van der Waals surface area contributed by atoms with Crippen molar-refractivity contribution in [1.82, 2.24) is 20.3 Å². The number of thiophene rings is 1. The van der Waals surface area contributed by atoms with Gasteiger partial charge in [-0.15, -0.1) is 35.3 Å². The number of aromatic nitrogens is 1. The van der Waals surface area contributed by atoms with Crippen LogP contribution in [0, 0.1) is 0 Å². The average molecular weight is 475 g/mol. The number of aliphatic imine (C=N–C) groups is 1. The van der Waals surface area contributed by atoms with Gasteiger partial charge in [-0.05, 0) is 18.6 Å². The van der Waals surface area contributed by atoms with E-state index in [-0.39, 0.29) is 24.0 Å². The molecular formula is C17H26IN5OS. The molecule has 0 amide bonds. The quantitative estimate of drug-likeness (QED) is 0.410. The maximum absolute atomic E-state index is 4.90. The van der Waals surface area contributed by atoms with Gasteiger partial charge in [0.25, 0.3) is 0 Å². The van der Waals surface area contributed by atoms with Gasteiger partial charge in [0.2, 0.25) is 0 Å². The summed E-state index contributed by atoms with van der Waals surface area (Å²) in [5.41, 5.74) is 0.996. The number of piperazine rings is 1. The first-order chi connectivity index (χ1) is 11.8. The van der Waals surface area contributed by atoms with Crippen LogP contribution < -0.4 is 5.32 Å². The number of rotatable bonds is 5. The number of hydrogen-bond donors (Lipinski definition) is 1. The molecule has 0 aliphatic carbocycles. The van der Waals surface area contributed by atoms with E-state index >= 15 is 0 Å². The molecule has 0 atom stereocenters. The van der Waals surface area contributed by atoms with E-state index in [2.05, 4.69) is 44.3 Å². The van der Waals surface area contributed by atoms with Gasteiger partial charge in [-0.25, -0.2) is 0 Å². The molecule has 0 bridgehead atoms. The second-order valence-electron chi connectivity index (χ2n) is 5.88. The molecule has 25 heavy (non-hydrogen) atoms. The molecular weight excluding hydrogens is 449 g/mol. The molecule has 3 rings (SSSR count). The third kappa shape index (κ3) is 5.68. The smallest absolute Gasteiger partial charge is 0.194 e. The SMILES string of the molecule is CCc1ccc(CNC(=NC)N2CCN(Cc3ccon3)CC2)s1.I. The second kappa shape index (κ2) is 10.1. The summed E-state index contributed by atoms with van der Waals surface area (Å²) in [4.78, 5) is 12.0. The van der Waals surface area contributed by atoms with Crippen molar-refractivity contribution in [3.63, 3.8) is 0 Å². The Morgan fingerprint density at radius 1 is 1.24 bits per heavy atom. The molecule has 3 heterocycles. The monoisotopic (exact) mass is 475 g/mol. The lowest BCUT2D eigenvalue weighted by molar-refractivity contribution is 0.169. The Morgan fingerprint density at radius 3 is 2.60 bits per heavy atom. The largest absolute Gasteiger partial charge is 0.364 e. The maximum Gasteiger partial charge on any atom is 0.194 e. The van der Waals surface area contributed by atoms with Gasteiger partial charge in [0.05, 0.1) is 12.2 Å². The van der Waals surface area contributed by atoms with Crippen LogP contribution in [0.5, 0.6) is 0 Å². The van der Waals surface area contributed by atoms with E-state index in [0.717, 1.165) is 57.3 Å². The highest BCUT2D eigenvalue weighted by molar-refractivity contribution is 14.0. The van der Waals surface area contributed by atoms with Crippen LogP contribution in [-0.4, -0.2) is 54.1 Å². The summed E-state index contributed by atoms with van der Waals surface area (Å²) in [7, 11) is 1.86. The van der Waals surface area contributed by atoms with Crippen molar-refractivity contribution in [1.29, 1.82) is 0 Å². The van der Waals surface area contributed by atoms with Crippen LogP contribution in [0.15, 0.2) is 34.0 Å². The first-order valence-corrected chi connectivity index (χ1v) is 9.25. The number of nitrogens with zero attached hydrogens (tertiary/aromatic N) is 4. The summed E-state index contributed by atoms with van der Waals surface area (Å²) in [5, 5.41) is 7.48. The predicted molar refractivity (Wildman–Crippen MR) is 113 cm³/mol. The second-order valence-corrected chi connectivity index (χ2v) is 7.13. The van der Waals surface area contributed by atoms with E-state index in [9.17, 15) is 0 Å². The number of aryl methyl sites for hydroxylation is 1. The Morgan fingerprint density at radius 2 is 2.00 bits per heavy atom. The molecule has 138 valence electrons. The highest BCUT2D eigenvalue weighted by Crippen LogP contribution is 2.16. The molecule has 0 spiro atoms. The molecule has 1 aliphatic rings. The topological polar surface area (TPSA) is 56.9 Å². The standard InChI is InChI=1S/C17H25N5OS.HI/c1-3-15-4-5-16(24-15)12-19-17(18-2)22-9-7-21(8-10-22)13-14-6-11-23-20-14;/h4-6,11H,3,7-10,12-13H2,1-2H3,(H,18,19);1H. The molecule has 1 N–H and O–H groups in total. The summed E-state index contributed by atoms with van der Waals surface area (Å²) < 4.78 is 4.90. The fraction of sp³-hybridized carbons (Fsp3) is 0.529. The van der Waals surface area contributed by atoms with E-state index in [1.54, 1.807) is 6.26 Å². The van der Waals surface area contributed by atoms with Gasteiger partial charge in [-0.3, -0.25) is 9.89 Å². The first-order valence-electron chi connectivity index (χ1n) is 8.43. The summed E-state index contributed by atoms with van der Waals surface area (Å²) >= 11 is 1.87. The van der Waals surface area contributed by atoms with Crippen molar-refractivity contribution in [3.05, 3.63) is 39.9 Å². The van der Waals surface area contributed by atoms with Crippen molar-refractivity contribution in [3.8, 4) is 0 Å². The highest BCUT2D eigenvalue weighted by atomic mass is 127. The highest BCUT2D eigenvalue weighted by Gasteiger charge is 2.20. The van der Waals surface area contributed by atoms with Gasteiger partial charge >= 0.3 is 0 Å². The Labute approximate surface area is 170 Å². The fourth-order valence-electron chi connectivity index (χ4n) is 2.87. The van der Waals surface area contributed by atoms with Crippen molar-refractivity contribution in [2.45, 2.75) is 26.4 Å². The summed E-state index contributed by atoms with van der Waals surface area (Å²) in [6.45, 7) is 7.85. The molecule has 1 fully saturated rings. The Hall–Kier alpha value is -1.13. The molecule has 8 heteroatoms. The zero-order valence-corrected chi connectivity index (χ0v) is 17.9. The lowest BCUT2D eigenvalue weighted by Crippen LogP contribution is -2.52. The van der Waals surface area contributed by atoms with E-state index in [1.165, 1.54) is 9.75 Å². The zero-order chi connectivity index (χ0) is 16.8. The van der Waals surface area contributed by atoms with Gasteiger partial charge in [-0.2, -0.15) is 0 Å². The Kier molecular flexibility index (Phi) is 8.17. The van der Waals surface area contributed by atoms with Crippen LogP contribution in [0.3, 0.4) is 0 Å². The van der Waals surface area contributed by atoms with Crippen molar-refractivity contribution in [2.24, 2.45) is 4.99 Å². The van der Waals surface area contributed by atoms with E-state index in [1.807, 2.05) is 24.5 Å². The number of hydrogen-bond acceptors (Lipinski definition) is 5. The van der Waals surface area contributed by atoms with Crippen LogP contribution in [0.4, 0.5) is 0 Å². The molecule has 0 saturated carbocycles. The normalized spacial score (nSPS) is 15.9. The van der Waals surface area contributed by atoms with Crippen LogP contribution >= 0.6 is 35.3 Å². The van der Waals surface area contributed by atoms with Crippen molar-refractivity contribution < 1.29 is 4.52 Å². The molecule has 2 aromatic rings. The zero-order valence-electron chi connectivity index (χ0n) is 14.8. The van der Waals surface area contributed by atoms with E-state index < -0.39 is 0 Å². The van der Waals surface area contributed by atoms with Crippen LogP contribution in [0.1, 0.15) is 22.4 Å². The summed E-state index contributed by atoms with van der Waals surface area (Å²) in [5.74, 6) is 0.988. The van der Waals surface area contributed by atoms with Gasteiger partial charge in [-0.1, -0.05) is 12.1 Å². The molecule has 1 aliphatic heterocycles. The number of guanidine groups is 1. The molecule has 0 unspecified atom stereocenters. The van der Waals surface area contributed by atoms with E-state index in [0.29, 0.717) is 0 Å². The minimum Gasteiger partial charge on any atom is -0.364 e. The van der Waals surface area contributed by atoms with Crippen LogP contribution in [0.25, 0.3) is 0 Å². The minimum absolute atomic E-state index is 0. The first kappa shape index (κ1) is 20.2. The maximum atomic E-state index is 4.90. The lowest BCUT2D eigenvalue weighted by Gasteiger charge is -2.36. The molecule has 0 radical (unpaired) electrons. The van der Waals surface area contributed by atoms with Gasteiger partial charge in [0.15, 0.2) is 5.96 Å². The van der Waals surface area contributed by atoms with Gasteiger partial charge < -0.3 is 14.7 Å². The third-order valence-corrected chi connectivity index (χ3v) is 5.48. The molecule has 2 aromatic heterocycles. The third-order valence-electron chi connectivity index (χ3n) is 4.25. The Balaban J connectivity index is 0.00000225. The lowest BCUT2D eigenvalue weighted by atomic mass is 10.3. The van der Waals surface area contributed by atoms with Gasteiger partial charge in [0.1, 0.15) is 6.26 Å². The fourth-order valence-corrected chi connectivity index (χ4v) is 3.77.